The van der Waals surface area contributed by atoms with E-state index < -0.39 is 31.8 Å². The zero-order valence-corrected chi connectivity index (χ0v) is 14.1. The van der Waals surface area contributed by atoms with Crippen LogP contribution >= 0.6 is 0 Å². The van der Waals surface area contributed by atoms with E-state index in [0.29, 0.717) is 11.4 Å². The molecule has 0 radical (unpaired) electrons. The molecule has 0 saturated heterocycles. The van der Waals surface area contributed by atoms with Crippen molar-refractivity contribution in [2.75, 3.05) is 16.8 Å². The van der Waals surface area contributed by atoms with Crippen molar-refractivity contribution in [2.24, 2.45) is 5.14 Å². The molecule has 0 fully saturated rings. The minimum absolute atomic E-state index is 0.00734. The van der Waals surface area contributed by atoms with Gasteiger partial charge in [-0.05, 0) is 42.5 Å². The van der Waals surface area contributed by atoms with Crippen molar-refractivity contribution < 1.29 is 21.9 Å². The molecule has 0 bridgehead atoms. The fraction of sp³-hybridized carbons (Fsp3) is 0.143. The van der Waals surface area contributed by atoms with Crippen molar-refractivity contribution in [1.82, 2.24) is 0 Å². The molecule has 8 nitrogen and oxygen atoms in total. The van der Waals surface area contributed by atoms with Gasteiger partial charge in [-0.2, -0.15) is 0 Å². The average Bonchev–Trinajstić information content (AvgIpc) is 2.46. The Bertz CT molecular complexity index is 925. The molecule has 0 aliphatic rings. The van der Waals surface area contributed by atoms with Crippen LogP contribution in [0.4, 0.5) is 11.4 Å². The number of aliphatic hydroxyl groups is 1. The van der Waals surface area contributed by atoms with Crippen LogP contribution in [0.5, 0.6) is 0 Å². The van der Waals surface area contributed by atoms with E-state index in [1.807, 2.05) is 0 Å². The zero-order chi connectivity index (χ0) is 18.0. The lowest BCUT2D eigenvalue weighted by Gasteiger charge is -2.15. The molecule has 0 amide bonds. The van der Waals surface area contributed by atoms with Crippen molar-refractivity contribution in [3.63, 3.8) is 0 Å². The van der Waals surface area contributed by atoms with Crippen LogP contribution in [-0.4, -0.2) is 33.9 Å². The number of benzene rings is 2. The molecule has 0 aliphatic carbocycles. The number of sulfonamides is 1. The summed E-state index contributed by atoms with van der Waals surface area (Å²) in [5.41, 5.74) is 6.20. The summed E-state index contributed by atoms with van der Waals surface area (Å²) in [4.78, 5) is -0.0807. The number of hydrogen-bond acceptors (Lipinski definition) is 7. The second kappa shape index (κ2) is 6.77. The maximum atomic E-state index is 12.2. The third-order valence-electron chi connectivity index (χ3n) is 3.11. The molecule has 24 heavy (non-hydrogen) atoms. The molecule has 6 N–H and O–H groups in total. The highest BCUT2D eigenvalue weighted by Crippen LogP contribution is 2.17. The Morgan fingerprint density at radius 2 is 1.62 bits per heavy atom. The molecule has 2 aromatic carbocycles. The normalized spacial score (nSPS) is 13.4. The first-order valence-electron chi connectivity index (χ1n) is 6.74. The second-order valence-corrected chi connectivity index (χ2v) is 8.68. The van der Waals surface area contributed by atoms with Crippen LogP contribution in [0.2, 0.25) is 0 Å². The molecule has 0 saturated carbocycles. The van der Waals surface area contributed by atoms with Crippen molar-refractivity contribution >= 4 is 31.2 Å². The Morgan fingerprint density at radius 3 is 2.17 bits per heavy atom. The summed E-state index contributed by atoms with van der Waals surface area (Å²) in [5, 5.41) is 17.5. The maximum absolute atomic E-state index is 12.2. The first-order valence-corrected chi connectivity index (χ1v) is 9.93. The van der Waals surface area contributed by atoms with Crippen molar-refractivity contribution in [2.45, 2.75) is 16.0 Å². The quantitative estimate of drug-likeness (QED) is 0.415. The van der Waals surface area contributed by atoms with Crippen LogP contribution < -0.4 is 16.2 Å². The number of nitrogens with one attached hydrogen (secondary N) is 1. The minimum Gasteiger partial charge on any atom is -0.399 e. The van der Waals surface area contributed by atoms with Gasteiger partial charge in [-0.3, -0.25) is 0 Å². The largest absolute Gasteiger partial charge is 0.399 e. The Hall–Kier alpha value is -2.14. The third-order valence-corrected chi connectivity index (χ3v) is 5.77. The summed E-state index contributed by atoms with van der Waals surface area (Å²) in [6.07, 6.45) is -1.39. The number of hydrogen-bond donors (Lipinski definition) is 4. The standard InChI is InChI=1S/C14H17N3O5S2/c15-10-2-1-3-13(8-10)23(19,20)9-14(18)17-11-4-6-12(7-5-11)24(16,21)22/h1-8,14,17-18H,9,15H2,(H2,16,21,22). The van der Waals surface area contributed by atoms with E-state index in [0.717, 1.165) is 0 Å². The molecule has 10 heteroatoms. The van der Waals surface area contributed by atoms with Crippen LogP contribution in [0.25, 0.3) is 0 Å². The molecular formula is C14H17N3O5S2. The summed E-state index contributed by atoms with van der Waals surface area (Å²) in [5.74, 6) is -0.576. The number of rotatable bonds is 6. The Balaban J connectivity index is 2.09. The number of sulfone groups is 1. The zero-order valence-electron chi connectivity index (χ0n) is 12.5. The number of nitrogen functional groups attached to an aromatic ring is 1. The van der Waals surface area contributed by atoms with Crippen LogP contribution in [0.1, 0.15) is 0 Å². The van der Waals surface area contributed by atoms with Gasteiger partial charge < -0.3 is 16.2 Å². The highest BCUT2D eigenvalue weighted by Gasteiger charge is 2.20. The van der Waals surface area contributed by atoms with E-state index in [-0.39, 0.29) is 9.79 Å². The van der Waals surface area contributed by atoms with Gasteiger partial charge in [0.1, 0.15) is 6.23 Å². The van der Waals surface area contributed by atoms with Gasteiger partial charge in [-0.15, -0.1) is 0 Å². The maximum Gasteiger partial charge on any atom is 0.238 e. The third kappa shape index (κ3) is 4.68. The van der Waals surface area contributed by atoms with Gasteiger partial charge in [0.15, 0.2) is 9.84 Å². The molecule has 0 spiro atoms. The van der Waals surface area contributed by atoms with Crippen molar-refractivity contribution in [1.29, 1.82) is 0 Å². The summed E-state index contributed by atoms with van der Waals surface area (Å²) >= 11 is 0. The predicted octanol–water partition coefficient (Wildman–Crippen LogP) is 0.120. The first kappa shape index (κ1) is 18.2. The molecule has 2 aromatic rings. The lowest BCUT2D eigenvalue weighted by atomic mass is 10.3. The van der Waals surface area contributed by atoms with Crippen LogP contribution in [0, 0.1) is 0 Å². The number of primary sulfonamides is 1. The monoisotopic (exact) mass is 371 g/mol. The first-order chi connectivity index (χ1) is 11.1. The van der Waals surface area contributed by atoms with E-state index in [2.05, 4.69) is 5.32 Å². The van der Waals surface area contributed by atoms with Gasteiger partial charge in [0.2, 0.25) is 10.0 Å². The van der Waals surface area contributed by atoms with E-state index in [9.17, 15) is 21.9 Å². The molecule has 0 aliphatic heterocycles. The lowest BCUT2D eigenvalue weighted by molar-refractivity contribution is 0.226. The van der Waals surface area contributed by atoms with E-state index in [1.54, 1.807) is 6.07 Å². The molecule has 2 rings (SSSR count). The van der Waals surface area contributed by atoms with Crippen molar-refractivity contribution in [3.8, 4) is 0 Å². The van der Waals surface area contributed by atoms with Gasteiger partial charge in [-0.1, -0.05) is 6.07 Å². The molecule has 0 heterocycles. The average molecular weight is 371 g/mol. The van der Waals surface area contributed by atoms with Crippen LogP contribution in [0.3, 0.4) is 0 Å². The summed E-state index contributed by atoms with van der Waals surface area (Å²) in [6.45, 7) is 0. The topological polar surface area (TPSA) is 153 Å². The summed E-state index contributed by atoms with van der Waals surface area (Å²) < 4.78 is 46.8. The predicted molar refractivity (Wildman–Crippen MR) is 90.4 cm³/mol. The lowest BCUT2D eigenvalue weighted by Crippen LogP contribution is -2.28. The highest BCUT2D eigenvalue weighted by atomic mass is 32.2. The highest BCUT2D eigenvalue weighted by molar-refractivity contribution is 7.91. The van der Waals surface area contributed by atoms with Gasteiger partial charge >= 0.3 is 0 Å². The fourth-order valence-corrected chi connectivity index (χ4v) is 3.80. The van der Waals surface area contributed by atoms with Gasteiger partial charge in [0.25, 0.3) is 0 Å². The van der Waals surface area contributed by atoms with Crippen LogP contribution in [-0.2, 0) is 19.9 Å². The molecule has 0 aromatic heterocycles. The van der Waals surface area contributed by atoms with E-state index >= 15 is 0 Å². The SMILES string of the molecule is Nc1cccc(S(=O)(=O)CC(O)Nc2ccc(S(N)(=O)=O)cc2)c1. The fourth-order valence-electron chi connectivity index (χ4n) is 1.99. The Labute approximate surface area is 140 Å². The van der Waals surface area contributed by atoms with E-state index in [1.165, 1.54) is 42.5 Å². The number of aliphatic hydroxyl groups excluding tert-OH is 1. The summed E-state index contributed by atoms with van der Waals surface area (Å²) in [6, 6.07) is 11.0. The molecule has 1 unspecified atom stereocenters. The van der Waals surface area contributed by atoms with Gasteiger partial charge in [0, 0.05) is 11.4 Å². The van der Waals surface area contributed by atoms with Crippen molar-refractivity contribution in [3.05, 3.63) is 48.5 Å². The Morgan fingerprint density at radius 1 is 1.00 bits per heavy atom. The summed E-state index contributed by atoms with van der Waals surface area (Å²) in [7, 11) is -7.56. The van der Waals surface area contributed by atoms with Crippen LogP contribution in [0.15, 0.2) is 58.3 Å². The Kier molecular flexibility index (Phi) is 5.13. The van der Waals surface area contributed by atoms with Gasteiger partial charge in [0.05, 0.1) is 15.5 Å². The number of anilines is 2. The minimum atomic E-state index is -3.81. The van der Waals surface area contributed by atoms with Gasteiger partial charge in [-0.25, -0.2) is 22.0 Å². The molecule has 130 valence electrons. The smallest absolute Gasteiger partial charge is 0.238 e. The second-order valence-electron chi connectivity index (χ2n) is 5.08. The number of nitrogens with two attached hydrogens (primary N) is 2. The molecular weight excluding hydrogens is 354 g/mol. The van der Waals surface area contributed by atoms with E-state index in [4.69, 9.17) is 10.9 Å². The molecule has 1 atom stereocenters.